The molecular weight excluding hydrogens is 434 g/mol. The second kappa shape index (κ2) is 7.65. The summed E-state index contributed by atoms with van der Waals surface area (Å²) in [6.07, 6.45) is 2.14. The molecule has 1 aliphatic carbocycles. The number of rotatable bonds is 4. The van der Waals surface area contributed by atoms with E-state index in [1.54, 1.807) is 30.3 Å². The standard InChI is InChI=1S/C25H21N5O4/c31-23(30-12-15-3-1-2-4-16(15)24(30)32)13-5-7-17-19(9-13)28-21(26-17)11-22-27-18-8-6-14(25(33)34)10-20(18)29-22/h1-5,7,9,14H,6,8,10-12H2,(H,26,28)(H,27,29)(H,33,34). The number of carboxylic acids is 1. The van der Waals surface area contributed by atoms with E-state index in [0.717, 1.165) is 22.8 Å². The van der Waals surface area contributed by atoms with Gasteiger partial charge in [-0.25, -0.2) is 9.97 Å². The minimum atomic E-state index is -0.774. The molecule has 4 aromatic rings. The largest absolute Gasteiger partial charge is 0.481 e. The van der Waals surface area contributed by atoms with Crippen molar-refractivity contribution in [2.45, 2.75) is 32.2 Å². The number of hydrogen-bond acceptors (Lipinski definition) is 5. The van der Waals surface area contributed by atoms with Gasteiger partial charge in [-0.15, -0.1) is 0 Å². The zero-order valence-corrected chi connectivity index (χ0v) is 18.2. The van der Waals surface area contributed by atoms with Crippen LogP contribution in [0.1, 0.15) is 55.7 Å². The molecule has 2 aliphatic rings. The van der Waals surface area contributed by atoms with E-state index >= 15 is 0 Å². The highest BCUT2D eigenvalue weighted by molar-refractivity contribution is 6.13. The molecule has 0 fully saturated rings. The van der Waals surface area contributed by atoms with Crippen LogP contribution in [0.15, 0.2) is 42.5 Å². The molecule has 0 saturated heterocycles. The van der Waals surface area contributed by atoms with Crippen molar-refractivity contribution in [2.75, 3.05) is 0 Å². The van der Waals surface area contributed by atoms with E-state index in [9.17, 15) is 19.5 Å². The number of carbonyl (C=O) groups is 3. The molecule has 1 atom stereocenters. The first kappa shape index (κ1) is 20.3. The van der Waals surface area contributed by atoms with Crippen LogP contribution in [0, 0.1) is 5.92 Å². The van der Waals surface area contributed by atoms with Crippen LogP contribution >= 0.6 is 0 Å². The van der Waals surface area contributed by atoms with Gasteiger partial charge in [0.2, 0.25) is 0 Å². The van der Waals surface area contributed by atoms with E-state index in [1.165, 1.54) is 4.90 Å². The predicted molar refractivity (Wildman–Crippen MR) is 121 cm³/mol. The third-order valence-corrected chi connectivity index (χ3v) is 6.62. The van der Waals surface area contributed by atoms with Crippen molar-refractivity contribution in [2.24, 2.45) is 5.92 Å². The number of imidazole rings is 2. The second-order valence-electron chi connectivity index (χ2n) is 8.83. The van der Waals surface area contributed by atoms with Crippen molar-refractivity contribution >= 4 is 28.8 Å². The predicted octanol–water partition coefficient (Wildman–Crippen LogP) is 2.86. The quantitative estimate of drug-likeness (QED) is 0.406. The number of imide groups is 1. The van der Waals surface area contributed by atoms with Crippen LogP contribution in [0.25, 0.3) is 11.0 Å². The summed E-state index contributed by atoms with van der Waals surface area (Å²) < 4.78 is 0. The van der Waals surface area contributed by atoms with Gasteiger partial charge in [0.1, 0.15) is 11.6 Å². The molecule has 9 heteroatoms. The van der Waals surface area contributed by atoms with E-state index in [0.29, 0.717) is 53.7 Å². The summed E-state index contributed by atoms with van der Waals surface area (Å²) in [7, 11) is 0. The molecule has 2 aromatic carbocycles. The third kappa shape index (κ3) is 3.37. The van der Waals surface area contributed by atoms with Crippen molar-refractivity contribution in [3.8, 4) is 0 Å². The number of aryl methyl sites for hydroxylation is 1. The van der Waals surface area contributed by atoms with Crippen LogP contribution in [-0.4, -0.2) is 47.7 Å². The fourth-order valence-electron chi connectivity index (χ4n) is 4.85. The summed E-state index contributed by atoms with van der Waals surface area (Å²) in [6.45, 7) is 0.270. The lowest BCUT2D eigenvalue weighted by molar-refractivity contribution is -0.142. The number of benzene rings is 2. The normalized spacial score (nSPS) is 17.1. The number of aromatic amines is 2. The minimum Gasteiger partial charge on any atom is -0.481 e. The molecule has 1 aliphatic heterocycles. The minimum absolute atomic E-state index is 0.270. The summed E-state index contributed by atoms with van der Waals surface area (Å²) in [4.78, 5) is 54.0. The number of carboxylic acid groups (broad SMARTS) is 1. The topological polar surface area (TPSA) is 132 Å². The second-order valence-corrected chi connectivity index (χ2v) is 8.83. The van der Waals surface area contributed by atoms with Gasteiger partial charge in [0, 0.05) is 23.2 Å². The summed E-state index contributed by atoms with van der Waals surface area (Å²) in [6, 6.07) is 12.4. The summed E-state index contributed by atoms with van der Waals surface area (Å²) >= 11 is 0. The Bertz CT molecular complexity index is 1480. The van der Waals surface area contributed by atoms with Crippen LogP contribution in [0.4, 0.5) is 0 Å². The maximum absolute atomic E-state index is 13.1. The van der Waals surface area contributed by atoms with Gasteiger partial charge in [0.15, 0.2) is 0 Å². The average molecular weight is 455 g/mol. The Morgan fingerprint density at radius 3 is 2.74 bits per heavy atom. The molecule has 170 valence electrons. The maximum atomic E-state index is 13.1. The summed E-state index contributed by atoms with van der Waals surface area (Å²) in [5.74, 6) is -0.358. The van der Waals surface area contributed by atoms with Gasteiger partial charge >= 0.3 is 5.97 Å². The van der Waals surface area contributed by atoms with Crippen molar-refractivity contribution in [3.63, 3.8) is 0 Å². The van der Waals surface area contributed by atoms with Crippen LogP contribution in [0.3, 0.4) is 0 Å². The van der Waals surface area contributed by atoms with Gasteiger partial charge in [0.25, 0.3) is 11.8 Å². The Kier molecular flexibility index (Phi) is 4.58. The molecule has 9 nitrogen and oxygen atoms in total. The molecule has 34 heavy (non-hydrogen) atoms. The number of fused-ring (bicyclic) bond motifs is 3. The van der Waals surface area contributed by atoms with Gasteiger partial charge in [-0.1, -0.05) is 18.2 Å². The average Bonchev–Trinajstić information content (AvgIpc) is 3.52. The van der Waals surface area contributed by atoms with Gasteiger partial charge in [0.05, 0.1) is 35.6 Å². The zero-order chi connectivity index (χ0) is 23.4. The van der Waals surface area contributed by atoms with Crippen molar-refractivity contribution < 1.29 is 19.5 Å². The molecule has 0 radical (unpaired) electrons. The molecule has 6 rings (SSSR count). The molecule has 1 unspecified atom stereocenters. The fourth-order valence-corrected chi connectivity index (χ4v) is 4.85. The number of aliphatic carboxylic acids is 1. The summed E-state index contributed by atoms with van der Waals surface area (Å²) in [5, 5.41) is 9.28. The Hall–Kier alpha value is -4.27. The Labute approximate surface area is 193 Å². The maximum Gasteiger partial charge on any atom is 0.306 e. The monoisotopic (exact) mass is 455 g/mol. The number of hydrogen-bond donors (Lipinski definition) is 3. The number of amides is 2. The van der Waals surface area contributed by atoms with Crippen LogP contribution in [0.2, 0.25) is 0 Å². The number of aromatic nitrogens is 4. The van der Waals surface area contributed by atoms with Crippen molar-refractivity contribution in [1.29, 1.82) is 0 Å². The molecular formula is C25H21N5O4. The van der Waals surface area contributed by atoms with Crippen LogP contribution in [-0.2, 0) is 30.6 Å². The smallest absolute Gasteiger partial charge is 0.306 e. The molecule has 0 saturated carbocycles. The lowest BCUT2D eigenvalue weighted by Gasteiger charge is -2.16. The van der Waals surface area contributed by atoms with Crippen LogP contribution in [0.5, 0.6) is 0 Å². The van der Waals surface area contributed by atoms with E-state index in [2.05, 4.69) is 19.9 Å². The van der Waals surface area contributed by atoms with Crippen molar-refractivity contribution in [3.05, 3.63) is 82.2 Å². The Morgan fingerprint density at radius 2 is 1.91 bits per heavy atom. The van der Waals surface area contributed by atoms with Gasteiger partial charge in [-0.2, -0.15) is 0 Å². The summed E-state index contributed by atoms with van der Waals surface area (Å²) in [5.41, 5.74) is 5.05. The van der Waals surface area contributed by atoms with Crippen molar-refractivity contribution in [1.82, 2.24) is 24.8 Å². The number of nitrogens with one attached hydrogen (secondary N) is 2. The fraction of sp³-hybridized carbons (Fsp3) is 0.240. The molecule has 3 heterocycles. The highest BCUT2D eigenvalue weighted by atomic mass is 16.4. The van der Waals surface area contributed by atoms with Gasteiger partial charge in [-0.3, -0.25) is 19.3 Å². The SMILES string of the molecule is O=C(O)C1CCc2nc(Cc3nc4ccc(C(=O)N5Cc6ccccc6C5=O)cc4[nH]3)[nH]c2C1. The van der Waals surface area contributed by atoms with E-state index in [1.807, 2.05) is 12.1 Å². The van der Waals surface area contributed by atoms with Gasteiger partial charge in [-0.05, 0) is 42.7 Å². The first-order valence-corrected chi connectivity index (χ1v) is 11.2. The molecule has 3 N–H and O–H groups in total. The molecule has 0 bridgehead atoms. The van der Waals surface area contributed by atoms with Gasteiger partial charge < -0.3 is 15.1 Å². The van der Waals surface area contributed by atoms with Crippen LogP contribution < -0.4 is 0 Å². The van der Waals surface area contributed by atoms with E-state index in [-0.39, 0.29) is 24.3 Å². The lowest BCUT2D eigenvalue weighted by Crippen LogP contribution is -2.31. The molecule has 2 aromatic heterocycles. The highest BCUT2D eigenvalue weighted by Gasteiger charge is 2.32. The Balaban J connectivity index is 1.22. The highest BCUT2D eigenvalue weighted by Crippen LogP contribution is 2.26. The third-order valence-electron chi connectivity index (χ3n) is 6.62. The Morgan fingerprint density at radius 1 is 1.09 bits per heavy atom. The number of nitrogens with zero attached hydrogens (tertiary/aromatic N) is 3. The number of H-pyrrole nitrogens is 2. The first-order chi connectivity index (χ1) is 16.5. The first-order valence-electron chi connectivity index (χ1n) is 11.2. The molecule has 2 amide bonds. The zero-order valence-electron chi connectivity index (χ0n) is 18.2. The van der Waals surface area contributed by atoms with E-state index < -0.39 is 5.97 Å². The number of carbonyl (C=O) groups excluding carboxylic acids is 2. The molecule has 0 spiro atoms. The van der Waals surface area contributed by atoms with E-state index in [4.69, 9.17) is 0 Å². The lowest BCUT2D eigenvalue weighted by atomic mass is 9.90.